The Labute approximate surface area is 357 Å². The van der Waals surface area contributed by atoms with Crippen LogP contribution in [0.2, 0.25) is 0 Å². The van der Waals surface area contributed by atoms with Crippen molar-refractivity contribution in [2.75, 3.05) is 4.90 Å². The standard InChI is InChI=1S/C60H41N/c1-3-16-42(17-4-1)43-30-32-46(33-31-43)54-25-13-14-29-59(54)61(50-37-34-47(35-38-50)58-40-48-21-8-10-24-53(48)56-26-11-12-27-57(56)58)60-41-49(36-39-55(60)45-18-5-2-6-19-45)52-28-15-22-44-20-7-9-23-51(44)52/h1-41H. The zero-order valence-electron chi connectivity index (χ0n) is 33.6. The summed E-state index contributed by atoms with van der Waals surface area (Å²) < 4.78 is 0. The second kappa shape index (κ2) is 15.6. The highest BCUT2D eigenvalue weighted by Crippen LogP contribution is 2.47. The Morgan fingerprint density at radius 3 is 1.46 bits per heavy atom. The third kappa shape index (κ3) is 6.73. The maximum Gasteiger partial charge on any atom is 0.0546 e. The average Bonchev–Trinajstić information content (AvgIpc) is 3.34. The molecule has 0 bridgehead atoms. The SMILES string of the molecule is c1ccc(-c2ccc(-c3ccccc3N(c3ccc(-c4cc5ccccc5c5ccccc45)cc3)c3cc(-c4cccc5ccccc45)ccc3-c3ccccc3)cc2)cc1. The van der Waals surface area contributed by atoms with Crippen LogP contribution in [0.15, 0.2) is 249 Å². The number of benzene rings is 11. The van der Waals surface area contributed by atoms with Crippen LogP contribution in [0.5, 0.6) is 0 Å². The van der Waals surface area contributed by atoms with E-state index in [1.54, 1.807) is 0 Å². The first-order valence-electron chi connectivity index (χ1n) is 21.0. The highest BCUT2D eigenvalue weighted by Gasteiger charge is 2.22. The molecule has 0 fully saturated rings. The van der Waals surface area contributed by atoms with E-state index in [-0.39, 0.29) is 0 Å². The summed E-state index contributed by atoms with van der Waals surface area (Å²) in [4.78, 5) is 2.47. The molecule has 0 unspecified atom stereocenters. The summed E-state index contributed by atoms with van der Waals surface area (Å²) in [6.45, 7) is 0. The molecule has 11 aromatic rings. The lowest BCUT2D eigenvalue weighted by Gasteiger charge is -2.31. The van der Waals surface area contributed by atoms with Gasteiger partial charge >= 0.3 is 0 Å². The fourth-order valence-electron chi connectivity index (χ4n) is 9.10. The van der Waals surface area contributed by atoms with Crippen molar-refractivity contribution in [3.63, 3.8) is 0 Å². The largest absolute Gasteiger partial charge is 0.309 e. The molecule has 0 spiro atoms. The predicted octanol–water partition coefficient (Wildman–Crippen LogP) is 17.0. The lowest BCUT2D eigenvalue weighted by molar-refractivity contribution is 1.28. The van der Waals surface area contributed by atoms with Crippen LogP contribution in [-0.2, 0) is 0 Å². The summed E-state index contributed by atoms with van der Waals surface area (Å²) in [7, 11) is 0. The van der Waals surface area contributed by atoms with Gasteiger partial charge < -0.3 is 4.90 Å². The Balaban J connectivity index is 1.13. The number of hydrogen-bond acceptors (Lipinski definition) is 1. The zero-order valence-corrected chi connectivity index (χ0v) is 33.6. The minimum Gasteiger partial charge on any atom is -0.309 e. The fraction of sp³-hybridized carbons (Fsp3) is 0. The van der Waals surface area contributed by atoms with Crippen LogP contribution in [0.4, 0.5) is 17.1 Å². The van der Waals surface area contributed by atoms with Gasteiger partial charge in [-0.3, -0.25) is 0 Å². The molecule has 0 radical (unpaired) electrons. The topological polar surface area (TPSA) is 3.24 Å². The van der Waals surface area contributed by atoms with Gasteiger partial charge in [0.25, 0.3) is 0 Å². The maximum absolute atomic E-state index is 2.47. The molecule has 0 aromatic heterocycles. The molecular formula is C60H41N. The van der Waals surface area contributed by atoms with E-state index in [9.17, 15) is 0 Å². The van der Waals surface area contributed by atoms with Gasteiger partial charge in [0.1, 0.15) is 0 Å². The van der Waals surface area contributed by atoms with E-state index in [0.717, 1.165) is 39.3 Å². The first-order valence-corrected chi connectivity index (χ1v) is 21.0. The number of para-hydroxylation sites is 1. The Hall–Kier alpha value is -8.00. The number of anilines is 3. The van der Waals surface area contributed by atoms with E-state index in [0.29, 0.717) is 0 Å². The molecule has 0 saturated carbocycles. The van der Waals surface area contributed by atoms with Crippen molar-refractivity contribution in [2.24, 2.45) is 0 Å². The quantitative estimate of drug-likeness (QED) is 0.139. The highest BCUT2D eigenvalue weighted by molar-refractivity contribution is 6.14. The Bertz CT molecular complexity index is 3330. The summed E-state index contributed by atoms with van der Waals surface area (Å²) >= 11 is 0. The van der Waals surface area contributed by atoms with Crippen LogP contribution < -0.4 is 4.90 Å². The predicted molar refractivity (Wildman–Crippen MR) is 261 cm³/mol. The van der Waals surface area contributed by atoms with Crippen LogP contribution in [0.3, 0.4) is 0 Å². The number of rotatable bonds is 8. The number of fused-ring (bicyclic) bond motifs is 4. The summed E-state index contributed by atoms with van der Waals surface area (Å²) in [5, 5.41) is 7.51. The van der Waals surface area contributed by atoms with E-state index < -0.39 is 0 Å². The smallest absolute Gasteiger partial charge is 0.0546 e. The monoisotopic (exact) mass is 775 g/mol. The fourth-order valence-corrected chi connectivity index (χ4v) is 9.10. The Morgan fingerprint density at radius 2 is 0.689 bits per heavy atom. The highest BCUT2D eigenvalue weighted by atomic mass is 15.1. The van der Waals surface area contributed by atoms with Gasteiger partial charge in [0, 0.05) is 16.8 Å². The van der Waals surface area contributed by atoms with Gasteiger partial charge in [-0.15, -0.1) is 0 Å². The van der Waals surface area contributed by atoms with Gasteiger partial charge in [-0.05, 0) is 107 Å². The molecule has 11 aromatic carbocycles. The van der Waals surface area contributed by atoms with Gasteiger partial charge in [-0.25, -0.2) is 0 Å². The molecule has 0 aliphatic rings. The molecule has 0 atom stereocenters. The molecule has 0 N–H and O–H groups in total. The number of hydrogen-bond donors (Lipinski definition) is 0. The third-order valence-electron chi connectivity index (χ3n) is 12.1. The molecule has 0 aliphatic carbocycles. The summed E-state index contributed by atoms with van der Waals surface area (Å²) in [6.07, 6.45) is 0. The van der Waals surface area contributed by atoms with Crippen LogP contribution in [-0.4, -0.2) is 0 Å². The van der Waals surface area contributed by atoms with Crippen molar-refractivity contribution in [3.05, 3.63) is 249 Å². The lowest BCUT2D eigenvalue weighted by atomic mass is 9.92. The summed E-state index contributed by atoms with van der Waals surface area (Å²) in [5.41, 5.74) is 15.1. The minimum atomic E-state index is 1.08. The molecule has 0 heterocycles. The van der Waals surface area contributed by atoms with Gasteiger partial charge in [0.05, 0.1) is 11.4 Å². The normalized spacial score (nSPS) is 11.3. The van der Waals surface area contributed by atoms with Crippen molar-refractivity contribution >= 4 is 49.4 Å². The van der Waals surface area contributed by atoms with Crippen molar-refractivity contribution in [1.29, 1.82) is 0 Å². The average molecular weight is 776 g/mol. The van der Waals surface area contributed by atoms with E-state index in [1.807, 2.05) is 0 Å². The molecule has 0 amide bonds. The van der Waals surface area contributed by atoms with E-state index in [4.69, 9.17) is 0 Å². The first kappa shape index (κ1) is 36.1. The van der Waals surface area contributed by atoms with Crippen molar-refractivity contribution in [2.45, 2.75) is 0 Å². The second-order valence-corrected chi connectivity index (χ2v) is 15.7. The molecule has 0 aliphatic heterocycles. The number of nitrogens with zero attached hydrogens (tertiary/aromatic N) is 1. The second-order valence-electron chi connectivity index (χ2n) is 15.7. The summed E-state index contributed by atoms with van der Waals surface area (Å²) in [5.74, 6) is 0. The third-order valence-corrected chi connectivity index (χ3v) is 12.1. The van der Waals surface area contributed by atoms with E-state index in [2.05, 4.69) is 254 Å². The summed E-state index contributed by atoms with van der Waals surface area (Å²) in [6, 6.07) is 90.6. The van der Waals surface area contributed by atoms with E-state index in [1.165, 1.54) is 65.7 Å². The zero-order chi connectivity index (χ0) is 40.5. The van der Waals surface area contributed by atoms with Crippen molar-refractivity contribution in [1.82, 2.24) is 0 Å². The first-order chi connectivity index (χ1) is 30.3. The molecule has 61 heavy (non-hydrogen) atoms. The van der Waals surface area contributed by atoms with E-state index >= 15 is 0 Å². The minimum absolute atomic E-state index is 1.08. The van der Waals surface area contributed by atoms with Crippen LogP contribution in [0, 0.1) is 0 Å². The van der Waals surface area contributed by atoms with Gasteiger partial charge in [-0.2, -0.15) is 0 Å². The molecule has 1 nitrogen and oxygen atoms in total. The lowest BCUT2D eigenvalue weighted by Crippen LogP contribution is -2.12. The van der Waals surface area contributed by atoms with Gasteiger partial charge in [-0.1, -0.05) is 218 Å². The van der Waals surface area contributed by atoms with Crippen LogP contribution >= 0.6 is 0 Å². The van der Waals surface area contributed by atoms with Gasteiger partial charge in [0.2, 0.25) is 0 Å². The maximum atomic E-state index is 2.47. The molecule has 1 heteroatoms. The van der Waals surface area contributed by atoms with Crippen LogP contribution in [0.25, 0.3) is 88.0 Å². The van der Waals surface area contributed by atoms with Crippen molar-refractivity contribution < 1.29 is 0 Å². The molecule has 0 saturated heterocycles. The van der Waals surface area contributed by atoms with Gasteiger partial charge in [0.15, 0.2) is 0 Å². The Morgan fingerprint density at radius 1 is 0.213 bits per heavy atom. The molecule has 286 valence electrons. The van der Waals surface area contributed by atoms with Crippen LogP contribution in [0.1, 0.15) is 0 Å². The molecule has 11 rings (SSSR count). The van der Waals surface area contributed by atoms with Crippen molar-refractivity contribution in [3.8, 4) is 55.6 Å². The molecular weight excluding hydrogens is 735 g/mol. The Kier molecular flexibility index (Phi) is 9.26.